The standard InChI is InChI=1S/C28H30N2O4/c1-17-28-22(20(15-29-17)16-30-9-3-2-7-21(30)8-10-31)13-26(34-28)24-14-27(32)33-25-12-19-6-4-5-18(19)11-23(24)25/h11-15,21,31H,2-10,16H2,1H3/t21-/m0/s1. The summed E-state index contributed by atoms with van der Waals surface area (Å²) < 4.78 is 11.9. The van der Waals surface area contributed by atoms with E-state index in [2.05, 4.69) is 22.0 Å². The molecule has 0 unspecified atom stereocenters. The summed E-state index contributed by atoms with van der Waals surface area (Å²) in [6, 6.07) is 8.20. The average Bonchev–Trinajstić information content (AvgIpc) is 3.48. The Morgan fingerprint density at radius 3 is 2.76 bits per heavy atom. The van der Waals surface area contributed by atoms with Crippen molar-refractivity contribution in [3.05, 3.63) is 63.3 Å². The van der Waals surface area contributed by atoms with Crippen LogP contribution in [0, 0.1) is 6.92 Å². The zero-order valence-electron chi connectivity index (χ0n) is 19.6. The number of hydrogen-bond donors (Lipinski definition) is 1. The van der Waals surface area contributed by atoms with E-state index in [9.17, 15) is 9.90 Å². The molecule has 1 aliphatic carbocycles. The van der Waals surface area contributed by atoms with Crippen molar-refractivity contribution in [2.24, 2.45) is 0 Å². The van der Waals surface area contributed by atoms with Crippen molar-refractivity contribution in [2.75, 3.05) is 13.2 Å². The fraction of sp³-hybridized carbons (Fsp3) is 0.429. The minimum absolute atomic E-state index is 0.214. The largest absolute Gasteiger partial charge is 0.454 e. The molecule has 6 nitrogen and oxygen atoms in total. The number of aryl methyl sites for hydroxylation is 3. The molecule has 34 heavy (non-hydrogen) atoms. The Morgan fingerprint density at radius 2 is 1.91 bits per heavy atom. The van der Waals surface area contributed by atoms with Gasteiger partial charge in [0.1, 0.15) is 11.3 Å². The van der Waals surface area contributed by atoms with Gasteiger partial charge in [-0.05, 0) is 86.9 Å². The zero-order valence-corrected chi connectivity index (χ0v) is 19.6. The number of benzene rings is 1. The lowest BCUT2D eigenvalue weighted by Crippen LogP contribution is -2.39. The van der Waals surface area contributed by atoms with Crippen LogP contribution in [0.1, 0.15) is 54.5 Å². The smallest absolute Gasteiger partial charge is 0.336 e. The maximum Gasteiger partial charge on any atom is 0.336 e. The van der Waals surface area contributed by atoms with Crippen LogP contribution in [0.2, 0.25) is 0 Å². The van der Waals surface area contributed by atoms with Crippen molar-refractivity contribution in [1.29, 1.82) is 0 Å². The van der Waals surface area contributed by atoms with Gasteiger partial charge in [0.05, 0.1) is 5.69 Å². The summed E-state index contributed by atoms with van der Waals surface area (Å²) in [7, 11) is 0. The number of nitrogens with zero attached hydrogens (tertiary/aromatic N) is 2. The molecule has 6 rings (SSSR count). The van der Waals surface area contributed by atoms with Crippen LogP contribution in [0.25, 0.3) is 33.3 Å². The van der Waals surface area contributed by atoms with E-state index in [1.807, 2.05) is 19.2 Å². The number of aromatic nitrogens is 1. The molecule has 6 heteroatoms. The van der Waals surface area contributed by atoms with Crippen LogP contribution in [0.15, 0.2) is 44.1 Å². The van der Waals surface area contributed by atoms with Gasteiger partial charge in [-0.25, -0.2) is 4.79 Å². The molecular formula is C28H30N2O4. The third-order valence-corrected chi connectivity index (χ3v) is 7.63. The first kappa shape index (κ1) is 21.6. The third-order valence-electron chi connectivity index (χ3n) is 7.63. The highest BCUT2D eigenvalue weighted by atomic mass is 16.4. The van der Waals surface area contributed by atoms with Crippen molar-refractivity contribution < 1.29 is 13.9 Å². The van der Waals surface area contributed by atoms with Crippen LogP contribution in [0.4, 0.5) is 0 Å². The Labute approximate surface area is 198 Å². The number of aliphatic hydroxyl groups excluding tert-OH is 1. The van der Waals surface area contributed by atoms with Crippen LogP contribution in [0.3, 0.4) is 0 Å². The van der Waals surface area contributed by atoms with E-state index in [-0.39, 0.29) is 12.2 Å². The van der Waals surface area contributed by atoms with Crippen LogP contribution >= 0.6 is 0 Å². The van der Waals surface area contributed by atoms with Crippen molar-refractivity contribution in [2.45, 2.75) is 64.5 Å². The molecule has 0 bridgehead atoms. The first-order chi connectivity index (χ1) is 16.6. The number of fused-ring (bicyclic) bond motifs is 3. The molecule has 1 aliphatic heterocycles. The number of pyridine rings is 1. The second-order valence-electron chi connectivity index (χ2n) is 9.80. The van der Waals surface area contributed by atoms with E-state index in [4.69, 9.17) is 8.83 Å². The maximum atomic E-state index is 12.4. The molecule has 1 atom stereocenters. The van der Waals surface area contributed by atoms with Crippen LogP contribution in [0.5, 0.6) is 0 Å². The summed E-state index contributed by atoms with van der Waals surface area (Å²) in [6.45, 7) is 3.98. The number of hydrogen-bond acceptors (Lipinski definition) is 6. The van der Waals surface area contributed by atoms with Crippen LogP contribution in [-0.4, -0.2) is 34.2 Å². The molecule has 4 aromatic rings. The molecule has 4 heterocycles. The Morgan fingerprint density at radius 1 is 1.06 bits per heavy atom. The SMILES string of the molecule is Cc1ncc(CN2CCCC[C@H]2CCO)c2cc(-c3cc(=O)oc4cc5c(cc34)CCC5)oc12. The molecular weight excluding hydrogens is 428 g/mol. The van der Waals surface area contributed by atoms with Gasteiger partial charge in [0.15, 0.2) is 5.58 Å². The summed E-state index contributed by atoms with van der Waals surface area (Å²) in [5, 5.41) is 11.5. The van der Waals surface area contributed by atoms with Crippen molar-refractivity contribution in [1.82, 2.24) is 9.88 Å². The topological polar surface area (TPSA) is 79.7 Å². The number of rotatable bonds is 5. The Kier molecular flexibility index (Phi) is 5.50. The highest BCUT2D eigenvalue weighted by Gasteiger charge is 2.24. The molecule has 0 radical (unpaired) electrons. The lowest BCUT2D eigenvalue weighted by molar-refractivity contribution is 0.113. The number of aliphatic hydroxyl groups is 1. The highest BCUT2D eigenvalue weighted by Crippen LogP contribution is 2.37. The van der Waals surface area contributed by atoms with Gasteiger partial charge >= 0.3 is 5.63 Å². The van der Waals surface area contributed by atoms with E-state index in [0.29, 0.717) is 17.4 Å². The second kappa shape index (κ2) is 8.67. The van der Waals surface area contributed by atoms with E-state index >= 15 is 0 Å². The van der Waals surface area contributed by atoms with Gasteiger partial charge in [0, 0.05) is 47.8 Å². The second-order valence-corrected chi connectivity index (χ2v) is 9.80. The van der Waals surface area contributed by atoms with Crippen molar-refractivity contribution >= 4 is 21.9 Å². The van der Waals surface area contributed by atoms with E-state index in [1.165, 1.54) is 24.0 Å². The van der Waals surface area contributed by atoms with Gasteiger partial charge in [0.2, 0.25) is 0 Å². The molecule has 1 aromatic carbocycles. The van der Waals surface area contributed by atoms with Crippen molar-refractivity contribution in [3.8, 4) is 11.3 Å². The van der Waals surface area contributed by atoms with Gasteiger partial charge < -0.3 is 13.9 Å². The molecule has 1 N–H and O–H groups in total. The molecule has 0 amide bonds. The highest BCUT2D eigenvalue weighted by molar-refractivity contribution is 5.96. The summed E-state index contributed by atoms with van der Waals surface area (Å²) in [4.78, 5) is 19.5. The third kappa shape index (κ3) is 3.75. The van der Waals surface area contributed by atoms with Gasteiger partial charge in [-0.1, -0.05) is 6.42 Å². The fourth-order valence-corrected chi connectivity index (χ4v) is 5.86. The minimum atomic E-state index is -0.365. The minimum Gasteiger partial charge on any atom is -0.454 e. The van der Waals surface area contributed by atoms with E-state index < -0.39 is 0 Å². The van der Waals surface area contributed by atoms with Crippen molar-refractivity contribution in [3.63, 3.8) is 0 Å². The molecule has 1 fully saturated rings. The predicted molar refractivity (Wildman–Crippen MR) is 132 cm³/mol. The Hall–Kier alpha value is -2.96. The van der Waals surface area contributed by atoms with E-state index in [0.717, 1.165) is 78.4 Å². The fourth-order valence-electron chi connectivity index (χ4n) is 5.86. The number of likely N-dealkylation sites (tertiary alicyclic amines) is 1. The Bertz CT molecular complexity index is 1430. The Balaban J connectivity index is 1.45. The lowest BCUT2D eigenvalue weighted by Gasteiger charge is -2.35. The first-order valence-electron chi connectivity index (χ1n) is 12.4. The normalized spacial score (nSPS) is 18.7. The molecule has 3 aromatic heterocycles. The summed E-state index contributed by atoms with van der Waals surface area (Å²) in [6.07, 6.45) is 9.49. The molecule has 176 valence electrons. The average molecular weight is 459 g/mol. The van der Waals surface area contributed by atoms with Gasteiger partial charge in [-0.15, -0.1) is 0 Å². The van der Waals surface area contributed by atoms with Gasteiger partial charge in [-0.2, -0.15) is 0 Å². The molecule has 1 saturated heterocycles. The van der Waals surface area contributed by atoms with E-state index in [1.54, 1.807) is 6.07 Å². The van der Waals surface area contributed by atoms with Crippen LogP contribution < -0.4 is 5.63 Å². The summed E-state index contributed by atoms with van der Waals surface area (Å²) in [5.74, 6) is 0.675. The zero-order chi connectivity index (χ0) is 23.2. The number of piperidine rings is 1. The molecule has 2 aliphatic rings. The quantitative estimate of drug-likeness (QED) is 0.418. The number of furan rings is 1. The van der Waals surface area contributed by atoms with Crippen LogP contribution in [-0.2, 0) is 19.4 Å². The summed E-state index contributed by atoms with van der Waals surface area (Å²) in [5.41, 5.74) is 6.37. The summed E-state index contributed by atoms with van der Waals surface area (Å²) >= 11 is 0. The molecule has 0 spiro atoms. The molecule has 0 saturated carbocycles. The maximum absolute atomic E-state index is 12.4. The first-order valence-corrected chi connectivity index (χ1v) is 12.4. The predicted octanol–water partition coefficient (Wildman–Crippen LogP) is 5.14. The monoisotopic (exact) mass is 458 g/mol. The van der Waals surface area contributed by atoms with Gasteiger partial charge in [-0.3, -0.25) is 9.88 Å². The lowest BCUT2D eigenvalue weighted by atomic mass is 9.98. The van der Waals surface area contributed by atoms with Gasteiger partial charge in [0.25, 0.3) is 0 Å².